The van der Waals surface area contributed by atoms with Gasteiger partial charge in [-0.2, -0.15) is 0 Å². The van der Waals surface area contributed by atoms with Crippen LogP contribution in [0, 0.1) is 6.92 Å². The number of benzene rings is 1. The van der Waals surface area contributed by atoms with Crippen molar-refractivity contribution in [1.82, 2.24) is 9.80 Å². The van der Waals surface area contributed by atoms with Gasteiger partial charge in [0.1, 0.15) is 6.10 Å². The lowest BCUT2D eigenvalue weighted by atomic mass is 10.1. The summed E-state index contributed by atoms with van der Waals surface area (Å²) in [5.41, 5.74) is 1.91. The molecule has 0 aromatic heterocycles. The van der Waals surface area contributed by atoms with E-state index in [4.69, 9.17) is 4.74 Å². The van der Waals surface area contributed by atoms with Crippen molar-refractivity contribution in [2.45, 2.75) is 25.9 Å². The van der Waals surface area contributed by atoms with E-state index in [1.165, 1.54) is 0 Å². The minimum atomic E-state index is -0.240. The van der Waals surface area contributed by atoms with Crippen LogP contribution >= 0.6 is 0 Å². The topological polar surface area (TPSA) is 49.9 Å². The number of hydrogen-bond acceptors (Lipinski definition) is 4. The summed E-state index contributed by atoms with van der Waals surface area (Å²) in [6, 6.07) is 7.70. The van der Waals surface area contributed by atoms with Crippen molar-refractivity contribution in [3.63, 3.8) is 0 Å². The maximum Gasteiger partial charge on any atom is 0.251 e. The van der Waals surface area contributed by atoms with Crippen molar-refractivity contribution in [1.29, 1.82) is 0 Å². The highest BCUT2D eigenvalue weighted by atomic mass is 16.5. The molecule has 1 aromatic carbocycles. The molecule has 0 N–H and O–H groups in total. The first-order valence-electron chi connectivity index (χ1n) is 8.36. The highest BCUT2D eigenvalue weighted by Gasteiger charge is 2.30. The summed E-state index contributed by atoms with van der Waals surface area (Å²) in [4.78, 5) is 28.6. The number of carbonyl (C=O) groups excluding carboxylic acids is 2. The molecule has 23 heavy (non-hydrogen) atoms. The molecule has 1 atom stereocenters. The zero-order valence-corrected chi connectivity index (χ0v) is 13.7. The van der Waals surface area contributed by atoms with Gasteiger partial charge in [0, 0.05) is 38.3 Å². The number of hydrogen-bond donors (Lipinski definition) is 0. The van der Waals surface area contributed by atoms with Crippen molar-refractivity contribution < 1.29 is 14.3 Å². The number of rotatable bonds is 4. The molecule has 3 rings (SSSR count). The van der Waals surface area contributed by atoms with Crippen molar-refractivity contribution in [2.75, 3.05) is 39.3 Å². The van der Waals surface area contributed by atoms with Gasteiger partial charge in [-0.05, 0) is 19.8 Å². The van der Waals surface area contributed by atoms with Crippen LogP contribution < -0.4 is 0 Å². The van der Waals surface area contributed by atoms with Gasteiger partial charge < -0.3 is 9.64 Å². The number of piperazine rings is 1. The zero-order valence-electron chi connectivity index (χ0n) is 13.7. The lowest BCUT2D eigenvalue weighted by molar-refractivity contribution is -0.142. The fraction of sp³-hybridized carbons (Fsp3) is 0.556. The molecule has 2 saturated heterocycles. The Balaban J connectivity index is 1.48. The van der Waals surface area contributed by atoms with Crippen LogP contribution in [0.2, 0.25) is 0 Å². The highest BCUT2D eigenvalue weighted by molar-refractivity contribution is 5.97. The summed E-state index contributed by atoms with van der Waals surface area (Å²) < 4.78 is 5.47. The Hall–Kier alpha value is -1.72. The Morgan fingerprint density at radius 3 is 2.43 bits per heavy atom. The Morgan fingerprint density at radius 2 is 1.83 bits per heavy atom. The molecule has 2 fully saturated rings. The number of carbonyl (C=O) groups is 2. The van der Waals surface area contributed by atoms with Gasteiger partial charge in [0.2, 0.25) is 0 Å². The number of Topliss-reactive ketones (excluding diaryl/α,β-unsaturated/α-hetero) is 1. The third-order valence-electron chi connectivity index (χ3n) is 4.63. The molecule has 0 bridgehead atoms. The highest BCUT2D eigenvalue weighted by Crippen LogP contribution is 2.16. The number of nitrogens with zero attached hydrogens (tertiary/aromatic N) is 2. The van der Waals surface area contributed by atoms with E-state index >= 15 is 0 Å². The molecule has 2 aliphatic heterocycles. The number of aryl methyl sites for hydroxylation is 1. The molecule has 2 aliphatic rings. The van der Waals surface area contributed by atoms with Gasteiger partial charge in [-0.1, -0.05) is 29.8 Å². The molecule has 5 heteroatoms. The minimum Gasteiger partial charge on any atom is -0.368 e. The first-order valence-corrected chi connectivity index (χ1v) is 8.36. The molecule has 5 nitrogen and oxygen atoms in total. The fourth-order valence-corrected chi connectivity index (χ4v) is 3.14. The first-order chi connectivity index (χ1) is 11.1. The zero-order chi connectivity index (χ0) is 16.2. The Kier molecular flexibility index (Phi) is 5.08. The molecule has 124 valence electrons. The van der Waals surface area contributed by atoms with Crippen molar-refractivity contribution in [2.24, 2.45) is 0 Å². The average Bonchev–Trinajstić information content (AvgIpc) is 3.10. The normalized spacial score (nSPS) is 22.3. The SMILES string of the molecule is Cc1ccc(C(=O)CN2CCN(C(=O)C3CCCO3)CC2)cc1. The van der Waals surface area contributed by atoms with E-state index in [9.17, 15) is 9.59 Å². The van der Waals surface area contributed by atoms with Gasteiger partial charge in [0.25, 0.3) is 5.91 Å². The summed E-state index contributed by atoms with van der Waals surface area (Å²) in [6.45, 7) is 5.98. The molecule has 0 radical (unpaired) electrons. The van der Waals surface area contributed by atoms with Crippen LogP contribution in [-0.2, 0) is 9.53 Å². The van der Waals surface area contributed by atoms with Crippen LogP contribution in [0.25, 0.3) is 0 Å². The monoisotopic (exact) mass is 316 g/mol. The second-order valence-corrected chi connectivity index (χ2v) is 6.39. The Bertz CT molecular complexity index is 556. The summed E-state index contributed by atoms with van der Waals surface area (Å²) in [6.07, 6.45) is 1.57. The van der Waals surface area contributed by atoms with Crippen LogP contribution in [0.3, 0.4) is 0 Å². The van der Waals surface area contributed by atoms with E-state index in [1.807, 2.05) is 36.1 Å². The standard InChI is InChI=1S/C18H24N2O3/c1-14-4-6-15(7-5-14)16(21)13-19-8-10-20(11-9-19)18(22)17-3-2-12-23-17/h4-7,17H,2-3,8-13H2,1H3. The number of ether oxygens (including phenoxy) is 1. The summed E-state index contributed by atoms with van der Waals surface area (Å²) >= 11 is 0. The Morgan fingerprint density at radius 1 is 1.13 bits per heavy atom. The van der Waals surface area contributed by atoms with Gasteiger partial charge in [-0.25, -0.2) is 0 Å². The van der Waals surface area contributed by atoms with Gasteiger partial charge in [-0.15, -0.1) is 0 Å². The van der Waals surface area contributed by atoms with Crippen molar-refractivity contribution in [3.8, 4) is 0 Å². The van der Waals surface area contributed by atoms with Crippen LogP contribution in [0.4, 0.5) is 0 Å². The molecule has 0 spiro atoms. The smallest absolute Gasteiger partial charge is 0.251 e. The van der Waals surface area contributed by atoms with E-state index in [0.29, 0.717) is 26.2 Å². The lowest BCUT2D eigenvalue weighted by Gasteiger charge is -2.35. The summed E-state index contributed by atoms with van der Waals surface area (Å²) in [5.74, 6) is 0.260. The van der Waals surface area contributed by atoms with E-state index in [-0.39, 0.29) is 17.8 Å². The number of ketones is 1. The van der Waals surface area contributed by atoms with E-state index in [1.54, 1.807) is 0 Å². The average molecular weight is 316 g/mol. The minimum absolute atomic E-state index is 0.118. The molecule has 1 unspecified atom stereocenters. The van der Waals surface area contributed by atoms with Crippen LogP contribution in [0.5, 0.6) is 0 Å². The molecule has 0 aliphatic carbocycles. The predicted molar refractivity (Wildman–Crippen MR) is 87.5 cm³/mol. The quantitative estimate of drug-likeness (QED) is 0.790. The third-order valence-corrected chi connectivity index (χ3v) is 4.63. The van der Waals surface area contributed by atoms with Gasteiger partial charge in [-0.3, -0.25) is 14.5 Å². The van der Waals surface area contributed by atoms with Gasteiger partial charge in [0.15, 0.2) is 5.78 Å². The number of amides is 1. The van der Waals surface area contributed by atoms with E-state index in [0.717, 1.165) is 37.1 Å². The maximum absolute atomic E-state index is 12.3. The summed E-state index contributed by atoms with van der Waals surface area (Å²) in [7, 11) is 0. The third kappa shape index (κ3) is 3.98. The molecular formula is C18H24N2O3. The van der Waals surface area contributed by atoms with Crippen molar-refractivity contribution >= 4 is 11.7 Å². The molecule has 0 saturated carbocycles. The van der Waals surface area contributed by atoms with E-state index in [2.05, 4.69) is 4.90 Å². The predicted octanol–water partition coefficient (Wildman–Crippen LogP) is 1.50. The van der Waals surface area contributed by atoms with Gasteiger partial charge in [0.05, 0.1) is 6.54 Å². The van der Waals surface area contributed by atoms with Crippen LogP contribution in [-0.4, -0.2) is 66.9 Å². The first kappa shape index (κ1) is 16.1. The molecule has 1 amide bonds. The fourth-order valence-electron chi connectivity index (χ4n) is 3.14. The van der Waals surface area contributed by atoms with Crippen LogP contribution in [0.15, 0.2) is 24.3 Å². The summed E-state index contributed by atoms with van der Waals surface area (Å²) in [5, 5.41) is 0. The van der Waals surface area contributed by atoms with Crippen LogP contribution in [0.1, 0.15) is 28.8 Å². The van der Waals surface area contributed by atoms with Crippen molar-refractivity contribution in [3.05, 3.63) is 35.4 Å². The molecular weight excluding hydrogens is 292 g/mol. The lowest BCUT2D eigenvalue weighted by Crippen LogP contribution is -2.52. The molecule has 1 aromatic rings. The molecule has 2 heterocycles. The maximum atomic E-state index is 12.3. The Labute approximate surface area is 137 Å². The second-order valence-electron chi connectivity index (χ2n) is 6.39. The van der Waals surface area contributed by atoms with Gasteiger partial charge >= 0.3 is 0 Å². The second kappa shape index (κ2) is 7.23. The van der Waals surface area contributed by atoms with E-state index < -0.39 is 0 Å². The largest absolute Gasteiger partial charge is 0.368 e.